The van der Waals surface area contributed by atoms with Crippen LogP contribution in [0.25, 0.3) is 0 Å². The van der Waals surface area contributed by atoms with Gasteiger partial charge in [0.1, 0.15) is 6.10 Å². The Kier molecular flexibility index (Phi) is 4.52. The Bertz CT molecular complexity index is 505. The van der Waals surface area contributed by atoms with Gasteiger partial charge in [0.25, 0.3) is 5.91 Å². The van der Waals surface area contributed by atoms with Crippen LogP contribution in [0.15, 0.2) is 28.3 Å². The minimum absolute atomic E-state index is 0.0367. The summed E-state index contributed by atoms with van der Waals surface area (Å²) in [5.74, 6) is -0.0367. The minimum atomic E-state index is -0.0822. The van der Waals surface area contributed by atoms with Gasteiger partial charge >= 0.3 is 0 Å². The lowest BCUT2D eigenvalue weighted by Crippen LogP contribution is -2.28. The smallest absolute Gasteiger partial charge is 0.261 e. The molecule has 18 heavy (non-hydrogen) atoms. The fraction of sp³-hybridized carbons (Fsp3) is 0.308. The molecule has 2 rings (SSSR count). The summed E-state index contributed by atoms with van der Waals surface area (Å²) in [4.78, 5) is 12.6. The number of aryl methyl sites for hydroxylation is 1. The van der Waals surface area contributed by atoms with Crippen molar-refractivity contribution in [2.45, 2.75) is 13.0 Å². The van der Waals surface area contributed by atoms with Crippen molar-refractivity contribution in [3.8, 4) is 0 Å². The van der Waals surface area contributed by atoms with Gasteiger partial charge in [-0.25, -0.2) is 0 Å². The number of ether oxygens (including phenoxy) is 1. The van der Waals surface area contributed by atoms with Gasteiger partial charge in [-0.3, -0.25) is 4.79 Å². The van der Waals surface area contributed by atoms with Gasteiger partial charge in [-0.05, 0) is 46.3 Å². The van der Waals surface area contributed by atoms with Crippen LogP contribution >= 0.6 is 22.7 Å². The number of carbonyl (C=O) groups excluding carboxylic acids is 1. The Morgan fingerprint density at radius 1 is 1.50 bits per heavy atom. The molecule has 2 aromatic rings. The number of nitrogens with one attached hydrogen (secondary N) is 1. The molecule has 2 aromatic heterocycles. The summed E-state index contributed by atoms with van der Waals surface area (Å²) in [5, 5.41) is 8.92. The summed E-state index contributed by atoms with van der Waals surface area (Å²) in [6.45, 7) is 2.47. The van der Waals surface area contributed by atoms with E-state index in [9.17, 15) is 4.79 Å². The molecule has 1 amide bonds. The van der Waals surface area contributed by atoms with Crippen LogP contribution in [0.2, 0.25) is 0 Å². The quantitative estimate of drug-likeness (QED) is 0.913. The van der Waals surface area contributed by atoms with Gasteiger partial charge < -0.3 is 10.1 Å². The fourth-order valence-electron chi connectivity index (χ4n) is 1.62. The van der Waals surface area contributed by atoms with Crippen LogP contribution in [0.1, 0.15) is 26.9 Å². The van der Waals surface area contributed by atoms with E-state index in [1.54, 1.807) is 18.4 Å². The lowest BCUT2D eigenvalue weighted by Gasteiger charge is -2.14. The molecule has 0 aliphatic rings. The standard InChI is InChI=1S/C13H15NO2S2/c1-9-5-12(18-7-9)13(15)14-6-11(16-2)10-3-4-17-8-10/h3-5,7-8,11H,6H2,1-2H3,(H,14,15). The molecule has 0 radical (unpaired) electrons. The number of rotatable bonds is 5. The zero-order valence-electron chi connectivity index (χ0n) is 10.3. The maximum absolute atomic E-state index is 11.9. The summed E-state index contributed by atoms with van der Waals surface area (Å²) in [5.41, 5.74) is 2.22. The molecule has 0 saturated heterocycles. The van der Waals surface area contributed by atoms with Gasteiger partial charge in [0, 0.05) is 13.7 Å². The molecule has 2 heterocycles. The van der Waals surface area contributed by atoms with Crippen molar-refractivity contribution in [2.24, 2.45) is 0 Å². The van der Waals surface area contributed by atoms with Gasteiger partial charge in [0.2, 0.25) is 0 Å². The normalized spacial score (nSPS) is 12.3. The maximum atomic E-state index is 11.9. The number of hydrogen-bond acceptors (Lipinski definition) is 4. The second kappa shape index (κ2) is 6.13. The summed E-state index contributed by atoms with van der Waals surface area (Å²) >= 11 is 3.09. The second-order valence-corrected chi connectivity index (χ2v) is 5.67. The number of amides is 1. The average Bonchev–Trinajstić information content (AvgIpc) is 3.01. The highest BCUT2D eigenvalue weighted by atomic mass is 32.1. The molecule has 1 atom stereocenters. The molecule has 0 bridgehead atoms. The molecule has 3 nitrogen and oxygen atoms in total. The first kappa shape index (κ1) is 13.3. The van der Waals surface area contributed by atoms with Crippen molar-refractivity contribution >= 4 is 28.6 Å². The number of methoxy groups -OCH3 is 1. The van der Waals surface area contributed by atoms with E-state index >= 15 is 0 Å². The number of thiophene rings is 2. The Hall–Kier alpha value is -1.17. The van der Waals surface area contributed by atoms with Gasteiger partial charge in [0.05, 0.1) is 4.88 Å². The number of carbonyl (C=O) groups is 1. The molecule has 0 aliphatic heterocycles. The Labute approximate surface area is 114 Å². The first-order chi connectivity index (χ1) is 8.70. The van der Waals surface area contributed by atoms with E-state index in [2.05, 4.69) is 5.32 Å². The molecule has 0 aliphatic carbocycles. The third-order valence-electron chi connectivity index (χ3n) is 2.60. The predicted molar refractivity (Wildman–Crippen MR) is 75.5 cm³/mol. The lowest BCUT2D eigenvalue weighted by molar-refractivity contribution is 0.0832. The van der Waals surface area contributed by atoms with Crippen LogP contribution in [0, 0.1) is 6.92 Å². The van der Waals surface area contributed by atoms with Crippen molar-refractivity contribution in [3.63, 3.8) is 0 Å². The van der Waals surface area contributed by atoms with Gasteiger partial charge in [0.15, 0.2) is 0 Å². The van der Waals surface area contributed by atoms with E-state index in [1.807, 2.05) is 35.2 Å². The zero-order chi connectivity index (χ0) is 13.0. The monoisotopic (exact) mass is 281 g/mol. The van der Waals surface area contributed by atoms with Crippen molar-refractivity contribution in [3.05, 3.63) is 44.3 Å². The van der Waals surface area contributed by atoms with Gasteiger partial charge in [-0.1, -0.05) is 0 Å². The highest BCUT2D eigenvalue weighted by Crippen LogP contribution is 2.19. The number of hydrogen-bond donors (Lipinski definition) is 1. The molecule has 0 fully saturated rings. The highest BCUT2D eigenvalue weighted by Gasteiger charge is 2.14. The van der Waals surface area contributed by atoms with E-state index in [0.29, 0.717) is 6.54 Å². The van der Waals surface area contributed by atoms with Crippen LogP contribution in [0.3, 0.4) is 0 Å². The molecule has 1 N–H and O–H groups in total. The third-order valence-corrected chi connectivity index (χ3v) is 4.35. The van der Waals surface area contributed by atoms with Crippen molar-refractivity contribution in [1.82, 2.24) is 5.32 Å². The Morgan fingerprint density at radius 2 is 2.33 bits per heavy atom. The first-order valence-corrected chi connectivity index (χ1v) is 7.41. The van der Waals surface area contributed by atoms with Crippen LogP contribution in [0.5, 0.6) is 0 Å². The largest absolute Gasteiger partial charge is 0.375 e. The van der Waals surface area contributed by atoms with Crippen molar-refractivity contribution in [2.75, 3.05) is 13.7 Å². The molecule has 96 valence electrons. The first-order valence-electron chi connectivity index (χ1n) is 5.59. The van der Waals surface area contributed by atoms with E-state index in [0.717, 1.165) is 16.0 Å². The van der Waals surface area contributed by atoms with E-state index in [1.165, 1.54) is 11.3 Å². The van der Waals surface area contributed by atoms with Gasteiger partial charge in [-0.15, -0.1) is 11.3 Å². The predicted octanol–water partition coefficient (Wildman–Crippen LogP) is 3.24. The van der Waals surface area contributed by atoms with Crippen LogP contribution in [0.4, 0.5) is 0 Å². The maximum Gasteiger partial charge on any atom is 0.261 e. The molecular weight excluding hydrogens is 266 g/mol. The van der Waals surface area contributed by atoms with E-state index in [-0.39, 0.29) is 12.0 Å². The molecular formula is C13H15NO2S2. The van der Waals surface area contributed by atoms with Crippen LogP contribution < -0.4 is 5.32 Å². The summed E-state index contributed by atoms with van der Waals surface area (Å²) in [7, 11) is 1.66. The molecule has 0 spiro atoms. The summed E-state index contributed by atoms with van der Waals surface area (Å²) < 4.78 is 5.38. The minimum Gasteiger partial charge on any atom is -0.375 e. The van der Waals surface area contributed by atoms with Crippen LogP contribution in [-0.2, 0) is 4.74 Å². The fourth-order valence-corrected chi connectivity index (χ4v) is 3.13. The summed E-state index contributed by atoms with van der Waals surface area (Å²) in [6.07, 6.45) is -0.0822. The second-order valence-electron chi connectivity index (χ2n) is 3.98. The molecule has 1 unspecified atom stereocenters. The summed E-state index contributed by atoms with van der Waals surface area (Å²) in [6, 6.07) is 3.91. The highest BCUT2D eigenvalue weighted by molar-refractivity contribution is 7.12. The molecule has 0 saturated carbocycles. The Morgan fingerprint density at radius 3 is 2.89 bits per heavy atom. The molecule has 0 aromatic carbocycles. The van der Waals surface area contributed by atoms with E-state index < -0.39 is 0 Å². The van der Waals surface area contributed by atoms with Crippen LogP contribution in [-0.4, -0.2) is 19.6 Å². The van der Waals surface area contributed by atoms with E-state index in [4.69, 9.17) is 4.74 Å². The van der Waals surface area contributed by atoms with Gasteiger partial charge in [-0.2, -0.15) is 11.3 Å². The average molecular weight is 281 g/mol. The Balaban J connectivity index is 1.92. The lowest BCUT2D eigenvalue weighted by atomic mass is 10.2. The SMILES string of the molecule is COC(CNC(=O)c1cc(C)cs1)c1ccsc1. The third kappa shape index (κ3) is 3.19. The topological polar surface area (TPSA) is 38.3 Å². The van der Waals surface area contributed by atoms with Crippen molar-refractivity contribution in [1.29, 1.82) is 0 Å². The molecule has 5 heteroatoms. The van der Waals surface area contributed by atoms with Crippen molar-refractivity contribution < 1.29 is 9.53 Å². The zero-order valence-corrected chi connectivity index (χ0v) is 11.9.